The Hall–Kier alpha value is -4.25. The van der Waals surface area contributed by atoms with Crippen LogP contribution in [-0.4, -0.2) is 38.4 Å². The number of nitrogens with zero attached hydrogens (tertiary/aromatic N) is 4. The molecule has 1 N–H and O–H groups in total. The van der Waals surface area contributed by atoms with E-state index in [4.69, 9.17) is 4.74 Å². The van der Waals surface area contributed by atoms with E-state index >= 15 is 0 Å². The maximum Gasteiger partial charge on any atom is 0.345 e. The molecule has 10 nitrogen and oxygen atoms in total. The van der Waals surface area contributed by atoms with Gasteiger partial charge in [-0.1, -0.05) is 18.2 Å². The molecule has 11 heteroatoms. The van der Waals surface area contributed by atoms with Crippen molar-refractivity contribution < 1.29 is 19.2 Å². The third kappa shape index (κ3) is 4.51. The van der Waals surface area contributed by atoms with Crippen molar-refractivity contribution >= 4 is 44.2 Å². The molecule has 0 aliphatic rings. The first-order valence-corrected chi connectivity index (χ1v) is 9.70. The van der Waals surface area contributed by atoms with Gasteiger partial charge in [-0.05, 0) is 35.6 Å². The van der Waals surface area contributed by atoms with E-state index in [1.54, 1.807) is 54.9 Å². The minimum absolute atomic E-state index is 0.0436. The highest BCUT2D eigenvalue weighted by Crippen LogP contribution is 2.26. The van der Waals surface area contributed by atoms with Crippen LogP contribution in [0.15, 0.2) is 61.1 Å². The van der Waals surface area contributed by atoms with Crippen molar-refractivity contribution in [2.24, 2.45) is 0 Å². The summed E-state index contributed by atoms with van der Waals surface area (Å²) in [6, 6.07) is 12.2. The van der Waals surface area contributed by atoms with Crippen LogP contribution in [0.2, 0.25) is 0 Å². The summed E-state index contributed by atoms with van der Waals surface area (Å²) in [6.45, 7) is -0.576. The number of benzene rings is 1. The fourth-order valence-electron chi connectivity index (χ4n) is 2.79. The van der Waals surface area contributed by atoms with Crippen LogP contribution in [-0.2, 0) is 9.53 Å². The van der Waals surface area contributed by atoms with Crippen molar-refractivity contribution in [3.8, 4) is 11.3 Å². The predicted octanol–water partition coefficient (Wildman–Crippen LogP) is 3.46. The second-order valence-electron chi connectivity index (χ2n) is 6.19. The highest BCUT2D eigenvalue weighted by Gasteiger charge is 2.18. The minimum Gasteiger partial charge on any atom is -0.452 e. The van der Waals surface area contributed by atoms with Crippen molar-refractivity contribution in [1.29, 1.82) is 0 Å². The third-order valence-corrected chi connectivity index (χ3v) is 5.03. The van der Waals surface area contributed by atoms with E-state index in [9.17, 15) is 19.7 Å². The van der Waals surface area contributed by atoms with E-state index in [1.165, 1.54) is 0 Å². The summed E-state index contributed by atoms with van der Waals surface area (Å²) in [4.78, 5) is 47.2. The molecule has 31 heavy (non-hydrogen) atoms. The van der Waals surface area contributed by atoms with Crippen LogP contribution >= 0.6 is 11.3 Å². The van der Waals surface area contributed by atoms with E-state index in [1.807, 2.05) is 0 Å². The first kappa shape index (κ1) is 20.0. The number of carbonyl (C=O) groups is 2. The van der Waals surface area contributed by atoms with Crippen molar-refractivity contribution in [3.63, 3.8) is 0 Å². The maximum absolute atomic E-state index is 12.7. The molecule has 0 unspecified atom stereocenters. The van der Waals surface area contributed by atoms with Gasteiger partial charge in [0.2, 0.25) is 0 Å². The number of fused-ring (bicyclic) bond motifs is 1. The molecule has 154 valence electrons. The van der Waals surface area contributed by atoms with Gasteiger partial charge in [0.25, 0.3) is 5.91 Å². The van der Waals surface area contributed by atoms with Crippen LogP contribution in [0.5, 0.6) is 0 Å². The molecule has 4 rings (SSSR count). The van der Waals surface area contributed by atoms with Crippen LogP contribution < -0.4 is 5.32 Å². The Labute approximate surface area is 178 Å². The molecule has 0 spiro atoms. The molecule has 3 aromatic heterocycles. The first-order chi connectivity index (χ1) is 15.0. The lowest BCUT2D eigenvalue weighted by Crippen LogP contribution is -2.21. The number of amides is 1. The summed E-state index contributed by atoms with van der Waals surface area (Å²) >= 11 is 0.705. The number of hydrogen-bond donors (Lipinski definition) is 1. The molecule has 0 aliphatic carbocycles. The number of para-hydroxylation sites is 1. The van der Waals surface area contributed by atoms with Gasteiger partial charge in [0.1, 0.15) is 6.20 Å². The summed E-state index contributed by atoms with van der Waals surface area (Å²) < 4.78 is 5.17. The van der Waals surface area contributed by atoms with E-state index in [-0.39, 0.29) is 15.7 Å². The molecule has 4 aromatic rings. The average Bonchev–Trinajstić information content (AvgIpc) is 3.26. The molecular formula is C20H13N5O5S. The number of nitro groups is 1. The lowest BCUT2D eigenvalue weighted by molar-refractivity contribution is -0.380. The highest BCUT2D eigenvalue weighted by molar-refractivity contribution is 7.18. The van der Waals surface area contributed by atoms with E-state index in [2.05, 4.69) is 20.3 Å². The standard InChI is InChI=1S/C20H13N5O5S/c26-17(24-20-22-10-18(31-20)25(28)29)11-30-19(27)14-9-16(12-5-7-21-8-6-12)23-15-4-2-1-3-13(14)15/h1-10H,11H2,(H,22,24,26). The van der Waals surface area contributed by atoms with E-state index < -0.39 is 23.4 Å². The number of rotatable bonds is 6. The van der Waals surface area contributed by atoms with Crippen LogP contribution in [0.4, 0.5) is 10.1 Å². The van der Waals surface area contributed by atoms with E-state index in [0.717, 1.165) is 11.8 Å². The number of aromatic nitrogens is 3. The van der Waals surface area contributed by atoms with Gasteiger partial charge < -0.3 is 4.74 Å². The number of carbonyl (C=O) groups excluding carboxylic acids is 2. The molecule has 0 saturated heterocycles. The molecule has 0 aliphatic heterocycles. The Morgan fingerprint density at radius 1 is 1.16 bits per heavy atom. The molecule has 0 atom stereocenters. The monoisotopic (exact) mass is 435 g/mol. The smallest absolute Gasteiger partial charge is 0.345 e. The van der Waals surface area contributed by atoms with Gasteiger partial charge in [0, 0.05) is 23.3 Å². The second kappa shape index (κ2) is 8.63. The molecular weight excluding hydrogens is 422 g/mol. The highest BCUT2D eigenvalue weighted by atomic mass is 32.1. The second-order valence-corrected chi connectivity index (χ2v) is 7.20. The minimum atomic E-state index is -0.700. The summed E-state index contributed by atoms with van der Waals surface area (Å²) in [7, 11) is 0. The molecule has 0 saturated carbocycles. The molecule has 0 bridgehead atoms. The lowest BCUT2D eigenvalue weighted by Gasteiger charge is -2.10. The zero-order chi connectivity index (χ0) is 21.8. The fraction of sp³-hybridized carbons (Fsp3) is 0.0500. The summed E-state index contributed by atoms with van der Waals surface area (Å²) in [6.07, 6.45) is 4.28. The van der Waals surface area contributed by atoms with Gasteiger partial charge >= 0.3 is 11.0 Å². The van der Waals surface area contributed by atoms with Crippen LogP contribution in [0, 0.1) is 10.1 Å². The third-order valence-electron chi connectivity index (χ3n) is 4.17. The Bertz CT molecular complexity index is 1290. The molecule has 3 heterocycles. The number of anilines is 1. The Morgan fingerprint density at radius 3 is 2.68 bits per heavy atom. The van der Waals surface area contributed by atoms with Crippen molar-refractivity contribution in [2.45, 2.75) is 0 Å². The number of ether oxygens (including phenoxy) is 1. The molecule has 1 amide bonds. The molecule has 0 radical (unpaired) electrons. The van der Waals surface area contributed by atoms with Crippen molar-refractivity contribution in [1.82, 2.24) is 15.0 Å². The number of thiazole rings is 1. The van der Waals surface area contributed by atoms with Gasteiger partial charge in [-0.15, -0.1) is 0 Å². The fourth-order valence-corrected chi connectivity index (χ4v) is 3.44. The van der Waals surface area contributed by atoms with Gasteiger partial charge in [0.05, 0.1) is 21.7 Å². The van der Waals surface area contributed by atoms with Gasteiger partial charge in [-0.25, -0.2) is 14.8 Å². The average molecular weight is 435 g/mol. The summed E-state index contributed by atoms with van der Waals surface area (Å²) in [5, 5.41) is 13.5. The molecule has 0 fully saturated rings. The predicted molar refractivity (Wildman–Crippen MR) is 113 cm³/mol. The normalized spacial score (nSPS) is 10.6. The zero-order valence-corrected chi connectivity index (χ0v) is 16.5. The lowest BCUT2D eigenvalue weighted by atomic mass is 10.0. The van der Waals surface area contributed by atoms with Crippen LogP contribution in [0.25, 0.3) is 22.2 Å². The van der Waals surface area contributed by atoms with Gasteiger partial charge in [0.15, 0.2) is 11.7 Å². The Kier molecular flexibility index (Phi) is 5.58. The van der Waals surface area contributed by atoms with Gasteiger partial charge in [-0.2, -0.15) is 0 Å². The Balaban J connectivity index is 1.53. The number of nitrogens with one attached hydrogen (secondary N) is 1. The van der Waals surface area contributed by atoms with Gasteiger partial charge in [-0.3, -0.25) is 25.2 Å². The SMILES string of the molecule is O=C(COC(=O)c1cc(-c2ccncc2)nc2ccccc12)Nc1ncc([N+](=O)[O-])s1. The zero-order valence-electron chi connectivity index (χ0n) is 15.7. The van der Waals surface area contributed by atoms with Crippen LogP contribution in [0.3, 0.4) is 0 Å². The van der Waals surface area contributed by atoms with Crippen molar-refractivity contribution in [3.05, 3.63) is 76.7 Å². The quantitative estimate of drug-likeness (QED) is 0.276. The topological polar surface area (TPSA) is 137 Å². The number of hydrogen-bond acceptors (Lipinski definition) is 9. The maximum atomic E-state index is 12.7. The summed E-state index contributed by atoms with van der Waals surface area (Å²) in [5.41, 5.74) is 2.20. The summed E-state index contributed by atoms with van der Waals surface area (Å²) in [5.74, 6) is -1.36. The van der Waals surface area contributed by atoms with E-state index in [0.29, 0.717) is 27.9 Å². The van der Waals surface area contributed by atoms with Crippen LogP contribution in [0.1, 0.15) is 10.4 Å². The Morgan fingerprint density at radius 2 is 1.94 bits per heavy atom. The largest absolute Gasteiger partial charge is 0.452 e. The first-order valence-electron chi connectivity index (χ1n) is 8.88. The molecule has 1 aromatic carbocycles. The van der Waals surface area contributed by atoms with Crippen molar-refractivity contribution in [2.75, 3.05) is 11.9 Å². The number of pyridine rings is 2. The number of esters is 1.